The molecule has 0 atom stereocenters. The van der Waals surface area contributed by atoms with Gasteiger partial charge >= 0.3 is 0 Å². The Morgan fingerprint density at radius 2 is 1.95 bits per heavy atom. The van der Waals surface area contributed by atoms with Gasteiger partial charge < -0.3 is 10.1 Å². The van der Waals surface area contributed by atoms with Crippen LogP contribution in [0.1, 0.15) is 0 Å². The molecule has 0 aliphatic heterocycles. The van der Waals surface area contributed by atoms with Gasteiger partial charge in [0.2, 0.25) is 0 Å². The molecule has 2 aromatic carbocycles. The number of carbonyl (C=O) groups excluding carboxylic acids is 1. The van der Waals surface area contributed by atoms with Crippen molar-refractivity contribution >= 4 is 34.2 Å². The summed E-state index contributed by atoms with van der Waals surface area (Å²) in [6.07, 6.45) is 0. The summed E-state index contributed by atoms with van der Waals surface area (Å²) < 4.78 is 19.3. The standard InChI is InChI=1S/C14H11FINO2/c15-10-2-1-3-12(8-10)17-14(18)9-19-13-6-4-11(16)5-7-13/h1-8H,9H2,(H,17,18). The van der Waals surface area contributed by atoms with Crippen molar-refractivity contribution in [3.8, 4) is 5.75 Å². The molecule has 0 bridgehead atoms. The molecule has 0 aliphatic carbocycles. The SMILES string of the molecule is O=C(COc1ccc(I)cc1)Nc1cccc(F)c1. The van der Waals surface area contributed by atoms with E-state index < -0.39 is 5.82 Å². The van der Waals surface area contributed by atoms with E-state index in [-0.39, 0.29) is 12.5 Å². The van der Waals surface area contributed by atoms with E-state index in [0.29, 0.717) is 11.4 Å². The zero-order valence-corrected chi connectivity index (χ0v) is 12.1. The van der Waals surface area contributed by atoms with Crippen LogP contribution in [0.25, 0.3) is 0 Å². The highest BCUT2D eigenvalue weighted by Crippen LogP contribution is 2.14. The van der Waals surface area contributed by atoms with E-state index in [4.69, 9.17) is 4.74 Å². The zero-order valence-electron chi connectivity index (χ0n) is 9.90. The van der Waals surface area contributed by atoms with Gasteiger partial charge in [-0.25, -0.2) is 4.39 Å². The van der Waals surface area contributed by atoms with Gasteiger partial charge in [0.05, 0.1) is 0 Å². The molecular weight excluding hydrogens is 360 g/mol. The van der Waals surface area contributed by atoms with Gasteiger partial charge in [0, 0.05) is 9.26 Å². The van der Waals surface area contributed by atoms with Crippen LogP contribution < -0.4 is 10.1 Å². The first-order chi connectivity index (χ1) is 9.13. The van der Waals surface area contributed by atoms with Crippen molar-refractivity contribution in [1.82, 2.24) is 0 Å². The molecular formula is C14H11FINO2. The monoisotopic (exact) mass is 371 g/mol. The number of hydrogen-bond acceptors (Lipinski definition) is 2. The summed E-state index contributed by atoms with van der Waals surface area (Å²) >= 11 is 2.19. The minimum atomic E-state index is -0.392. The third-order valence-corrected chi connectivity index (χ3v) is 3.01. The zero-order chi connectivity index (χ0) is 13.7. The molecule has 2 rings (SSSR count). The van der Waals surface area contributed by atoms with Crippen LogP contribution in [0.15, 0.2) is 48.5 Å². The number of ether oxygens (including phenoxy) is 1. The smallest absolute Gasteiger partial charge is 0.262 e. The van der Waals surface area contributed by atoms with Crippen molar-refractivity contribution in [3.05, 3.63) is 57.9 Å². The largest absolute Gasteiger partial charge is 0.484 e. The van der Waals surface area contributed by atoms with Gasteiger partial charge in [-0.1, -0.05) is 6.07 Å². The van der Waals surface area contributed by atoms with Gasteiger partial charge in [-0.2, -0.15) is 0 Å². The maximum atomic E-state index is 12.9. The van der Waals surface area contributed by atoms with Gasteiger partial charge in [-0.15, -0.1) is 0 Å². The number of halogens is 2. The normalized spacial score (nSPS) is 10.0. The summed E-state index contributed by atoms with van der Waals surface area (Å²) in [5.74, 6) is -0.102. The minimum Gasteiger partial charge on any atom is -0.484 e. The highest BCUT2D eigenvalue weighted by atomic mass is 127. The maximum Gasteiger partial charge on any atom is 0.262 e. The molecule has 0 fully saturated rings. The second kappa shape index (κ2) is 6.51. The van der Waals surface area contributed by atoms with E-state index in [1.165, 1.54) is 18.2 Å². The van der Waals surface area contributed by atoms with Gasteiger partial charge in [0.15, 0.2) is 6.61 Å². The summed E-state index contributed by atoms with van der Waals surface area (Å²) in [4.78, 5) is 11.6. The first-order valence-corrected chi connectivity index (χ1v) is 6.65. The molecule has 0 heterocycles. The summed E-state index contributed by atoms with van der Waals surface area (Å²) in [5.41, 5.74) is 0.413. The number of hydrogen-bond donors (Lipinski definition) is 1. The quantitative estimate of drug-likeness (QED) is 0.837. The summed E-state index contributed by atoms with van der Waals surface area (Å²) in [6, 6.07) is 13.1. The van der Waals surface area contributed by atoms with Crippen LogP contribution in [-0.2, 0) is 4.79 Å². The molecule has 19 heavy (non-hydrogen) atoms. The Hall–Kier alpha value is -1.63. The van der Waals surface area contributed by atoms with Crippen molar-refractivity contribution < 1.29 is 13.9 Å². The highest BCUT2D eigenvalue weighted by molar-refractivity contribution is 14.1. The number of benzene rings is 2. The lowest BCUT2D eigenvalue weighted by molar-refractivity contribution is -0.118. The first kappa shape index (κ1) is 13.8. The first-order valence-electron chi connectivity index (χ1n) is 5.57. The van der Waals surface area contributed by atoms with Crippen molar-refractivity contribution in [2.75, 3.05) is 11.9 Å². The van der Waals surface area contributed by atoms with E-state index in [2.05, 4.69) is 27.9 Å². The fourth-order valence-electron chi connectivity index (χ4n) is 1.44. The van der Waals surface area contributed by atoms with E-state index in [0.717, 1.165) is 3.57 Å². The van der Waals surface area contributed by atoms with Crippen molar-refractivity contribution in [2.24, 2.45) is 0 Å². The average molecular weight is 371 g/mol. The van der Waals surface area contributed by atoms with E-state index in [9.17, 15) is 9.18 Å². The lowest BCUT2D eigenvalue weighted by Crippen LogP contribution is -2.20. The Balaban J connectivity index is 1.86. The molecule has 0 radical (unpaired) electrons. The van der Waals surface area contributed by atoms with Crippen molar-refractivity contribution in [2.45, 2.75) is 0 Å². The van der Waals surface area contributed by atoms with Crippen LogP contribution >= 0.6 is 22.6 Å². The summed E-state index contributed by atoms with van der Waals surface area (Å²) in [7, 11) is 0. The fourth-order valence-corrected chi connectivity index (χ4v) is 1.80. The highest BCUT2D eigenvalue weighted by Gasteiger charge is 2.04. The van der Waals surface area contributed by atoms with Gasteiger partial charge in [-0.05, 0) is 65.1 Å². The molecule has 0 saturated heterocycles. The van der Waals surface area contributed by atoms with E-state index in [1.54, 1.807) is 18.2 Å². The van der Waals surface area contributed by atoms with Crippen LogP contribution in [0, 0.1) is 9.39 Å². The molecule has 1 N–H and O–H groups in total. The number of anilines is 1. The average Bonchev–Trinajstić information content (AvgIpc) is 2.38. The Bertz CT molecular complexity index is 572. The summed E-state index contributed by atoms with van der Waals surface area (Å²) in [6.45, 7) is -0.114. The van der Waals surface area contributed by atoms with Gasteiger partial charge in [0.1, 0.15) is 11.6 Å². The molecule has 1 amide bonds. The van der Waals surface area contributed by atoms with Crippen LogP contribution in [0.3, 0.4) is 0 Å². The topological polar surface area (TPSA) is 38.3 Å². The Morgan fingerprint density at radius 3 is 2.63 bits per heavy atom. The predicted octanol–water partition coefficient (Wildman–Crippen LogP) is 3.45. The molecule has 0 aromatic heterocycles. The van der Waals surface area contributed by atoms with Crippen molar-refractivity contribution in [1.29, 1.82) is 0 Å². The number of nitrogens with one attached hydrogen (secondary N) is 1. The minimum absolute atomic E-state index is 0.114. The van der Waals surface area contributed by atoms with Crippen LogP contribution in [-0.4, -0.2) is 12.5 Å². The van der Waals surface area contributed by atoms with Crippen LogP contribution in [0.2, 0.25) is 0 Å². The van der Waals surface area contributed by atoms with Gasteiger partial charge in [-0.3, -0.25) is 4.79 Å². The molecule has 2 aromatic rings. The van der Waals surface area contributed by atoms with Crippen molar-refractivity contribution in [3.63, 3.8) is 0 Å². The lowest BCUT2D eigenvalue weighted by Gasteiger charge is -2.07. The number of amides is 1. The molecule has 98 valence electrons. The number of rotatable bonds is 4. The molecule has 0 aliphatic rings. The van der Waals surface area contributed by atoms with Gasteiger partial charge in [0.25, 0.3) is 5.91 Å². The number of carbonyl (C=O) groups is 1. The molecule has 5 heteroatoms. The molecule has 0 spiro atoms. The van der Waals surface area contributed by atoms with E-state index >= 15 is 0 Å². The molecule has 0 saturated carbocycles. The summed E-state index contributed by atoms with van der Waals surface area (Å²) in [5, 5.41) is 2.56. The molecule has 3 nitrogen and oxygen atoms in total. The van der Waals surface area contributed by atoms with Crippen LogP contribution in [0.5, 0.6) is 5.75 Å². The molecule has 0 unspecified atom stereocenters. The lowest BCUT2D eigenvalue weighted by atomic mass is 10.3. The third-order valence-electron chi connectivity index (χ3n) is 2.29. The Labute approximate surface area is 123 Å². The second-order valence-electron chi connectivity index (χ2n) is 3.80. The van der Waals surface area contributed by atoms with Crippen LogP contribution in [0.4, 0.5) is 10.1 Å². The Kier molecular flexibility index (Phi) is 4.73. The third kappa shape index (κ3) is 4.51. The maximum absolute atomic E-state index is 12.9. The second-order valence-corrected chi connectivity index (χ2v) is 5.05. The fraction of sp³-hybridized carbons (Fsp3) is 0.0714. The van der Waals surface area contributed by atoms with E-state index in [1.807, 2.05) is 12.1 Å². The predicted molar refractivity (Wildman–Crippen MR) is 79.7 cm³/mol. The Morgan fingerprint density at radius 1 is 1.21 bits per heavy atom.